The molecule has 3 heteroatoms. The van der Waals surface area contributed by atoms with Crippen LogP contribution in [0.1, 0.15) is 17.9 Å². The maximum absolute atomic E-state index is 5.64. The van der Waals surface area contributed by atoms with Crippen LogP contribution in [0, 0.1) is 6.92 Å². The van der Waals surface area contributed by atoms with Gasteiger partial charge in [-0.2, -0.15) is 11.8 Å². The van der Waals surface area contributed by atoms with Gasteiger partial charge in [0.25, 0.3) is 0 Å². The second-order valence-corrected chi connectivity index (χ2v) is 4.53. The number of nitrogens with zero attached hydrogens (tertiary/aromatic N) is 1. The Bertz CT molecular complexity index is 257. The van der Waals surface area contributed by atoms with Crippen molar-refractivity contribution in [2.45, 2.75) is 12.2 Å². The Kier molecular flexibility index (Phi) is 3.72. The molecule has 13 heavy (non-hydrogen) atoms. The van der Waals surface area contributed by atoms with E-state index in [1.54, 1.807) is 11.8 Å². The highest BCUT2D eigenvalue weighted by Gasteiger charge is 2.10. The minimum atomic E-state index is 0.395. The molecule has 1 heterocycles. The first-order chi connectivity index (χ1) is 6.15. The van der Waals surface area contributed by atoms with E-state index in [4.69, 9.17) is 4.42 Å². The van der Waals surface area contributed by atoms with Gasteiger partial charge in [0.1, 0.15) is 5.76 Å². The van der Waals surface area contributed by atoms with E-state index in [1.165, 1.54) is 0 Å². The lowest BCUT2D eigenvalue weighted by molar-refractivity contribution is 0.513. The third-order valence-corrected chi connectivity index (χ3v) is 2.79. The Labute approximate surface area is 84.3 Å². The van der Waals surface area contributed by atoms with Gasteiger partial charge in [-0.25, -0.2) is 0 Å². The molecule has 0 amide bonds. The van der Waals surface area contributed by atoms with Crippen LogP contribution in [-0.4, -0.2) is 19.8 Å². The van der Waals surface area contributed by atoms with Gasteiger partial charge in [0, 0.05) is 20.2 Å². The van der Waals surface area contributed by atoms with Gasteiger partial charge in [0.2, 0.25) is 0 Å². The zero-order chi connectivity index (χ0) is 9.84. The summed E-state index contributed by atoms with van der Waals surface area (Å²) in [7, 11) is 3.95. The van der Waals surface area contributed by atoms with Crippen molar-refractivity contribution in [3.8, 4) is 0 Å². The van der Waals surface area contributed by atoms with Gasteiger partial charge in [-0.05, 0) is 25.7 Å². The smallest absolute Gasteiger partial charge is 0.195 e. The number of anilines is 1. The Hall–Kier alpha value is -0.570. The number of hydrogen-bond acceptors (Lipinski definition) is 3. The highest BCUT2D eigenvalue weighted by molar-refractivity contribution is 7.99. The summed E-state index contributed by atoms with van der Waals surface area (Å²) < 4.78 is 5.64. The van der Waals surface area contributed by atoms with E-state index in [0.717, 1.165) is 17.4 Å². The minimum absolute atomic E-state index is 0.395. The van der Waals surface area contributed by atoms with Crippen molar-refractivity contribution in [1.29, 1.82) is 0 Å². The van der Waals surface area contributed by atoms with Crippen molar-refractivity contribution in [3.05, 3.63) is 24.8 Å². The molecular weight excluding hydrogens is 182 g/mol. The molecule has 0 fully saturated rings. The van der Waals surface area contributed by atoms with Gasteiger partial charge in [-0.3, -0.25) is 0 Å². The fourth-order valence-electron chi connectivity index (χ4n) is 1.06. The van der Waals surface area contributed by atoms with Gasteiger partial charge >= 0.3 is 0 Å². The van der Waals surface area contributed by atoms with Crippen LogP contribution in [0.25, 0.3) is 0 Å². The van der Waals surface area contributed by atoms with Crippen LogP contribution in [-0.2, 0) is 0 Å². The van der Waals surface area contributed by atoms with Gasteiger partial charge in [0.05, 0.1) is 5.25 Å². The molecule has 0 N–H and O–H groups in total. The van der Waals surface area contributed by atoms with Crippen molar-refractivity contribution < 1.29 is 4.42 Å². The molecule has 0 aliphatic rings. The average Bonchev–Trinajstić information content (AvgIpc) is 2.52. The summed E-state index contributed by atoms with van der Waals surface area (Å²) in [5, 5.41) is 0.395. The minimum Gasteiger partial charge on any atom is -0.444 e. The van der Waals surface area contributed by atoms with Gasteiger partial charge < -0.3 is 9.32 Å². The van der Waals surface area contributed by atoms with Gasteiger partial charge in [0.15, 0.2) is 5.88 Å². The molecule has 0 aliphatic carbocycles. The molecule has 0 bridgehead atoms. The first-order valence-corrected chi connectivity index (χ1v) is 5.38. The van der Waals surface area contributed by atoms with E-state index in [0.29, 0.717) is 5.25 Å². The normalized spacial score (nSPS) is 12.9. The summed E-state index contributed by atoms with van der Waals surface area (Å²) >= 11 is 1.79. The SMILES string of the molecule is [CH2]CSC(C)c1ccc(N(C)C)o1. The van der Waals surface area contributed by atoms with Gasteiger partial charge in [-0.15, -0.1) is 0 Å². The summed E-state index contributed by atoms with van der Waals surface area (Å²) in [6, 6.07) is 4.03. The quantitative estimate of drug-likeness (QED) is 0.740. The Morgan fingerprint density at radius 1 is 1.54 bits per heavy atom. The number of furan rings is 1. The van der Waals surface area contributed by atoms with E-state index in [2.05, 4.69) is 13.8 Å². The second kappa shape index (κ2) is 4.61. The molecule has 1 atom stereocenters. The highest BCUT2D eigenvalue weighted by Crippen LogP contribution is 2.30. The standard InChI is InChI=1S/C10H16NOS/c1-5-13-8(2)9-6-7-10(12-9)11(3)4/h6-8H,1,5H2,2-4H3. The third kappa shape index (κ3) is 2.69. The molecule has 1 unspecified atom stereocenters. The van der Waals surface area contributed by atoms with E-state index >= 15 is 0 Å². The fraction of sp³-hybridized carbons (Fsp3) is 0.500. The van der Waals surface area contributed by atoms with Crippen molar-refractivity contribution in [2.75, 3.05) is 24.7 Å². The summed E-state index contributed by atoms with van der Waals surface area (Å²) in [5.41, 5.74) is 0. The van der Waals surface area contributed by atoms with Gasteiger partial charge in [-0.1, -0.05) is 0 Å². The Morgan fingerprint density at radius 3 is 2.69 bits per heavy atom. The van der Waals surface area contributed by atoms with Crippen LogP contribution < -0.4 is 4.90 Å². The first kappa shape index (κ1) is 10.5. The average molecular weight is 198 g/mol. The summed E-state index contributed by atoms with van der Waals surface area (Å²) in [5.74, 6) is 2.81. The van der Waals surface area contributed by atoms with Crippen LogP contribution in [0.4, 0.5) is 5.88 Å². The molecule has 0 saturated carbocycles. The topological polar surface area (TPSA) is 16.4 Å². The van der Waals surface area contributed by atoms with Crippen molar-refractivity contribution in [2.24, 2.45) is 0 Å². The zero-order valence-corrected chi connectivity index (χ0v) is 9.23. The maximum Gasteiger partial charge on any atom is 0.195 e. The van der Waals surface area contributed by atoms with E-state index in [1.807, 2.05) is 31.1 Å². The molecule has 0 spiro atoms. The molecule has 1 aromatic rings. The second-order valence-electron chi connectivity index (χ2n) is 3.08. The first-order valence-electron chi connectivity index (χ1n) is 4.33. The highest BCUT2D eigenvalue weighted by atomic mass is 32.2. The Balaban J connectivity index is 2.67. The van der Waals surface area contributed by atoms with E-state index < -0.39 is 0 Å². The molecule has 1 rings (SSSR count). The summed E-state index contributed by atoms with van der Waals surface area (Å²) in [6.45, 7) is 5.94. The Morgan fingerprint density at radius 2 is 2.23 bits per heavy atom. The van der Waals surface area contributed by atoms with Crippen molar-refractivity contribution in [3.63, 3.8) is 0 Å². The molecule has 1 radical (unpaired) electrons. The van der Waals surface area contributed by atoms with Crippen LogP contribution in [0.3, 0.4) is 0 Å². The lowest BCUT2D eigenvalue weighted by Gasteiger charge is -2.09. The molecule has 0 saturated heterocycles. The zero-order valence-electron chi connectivity index (χ0n) is 8.41. The number of rotatable bonds is 4. The lowest BCUT2D eigenvalue weighted by atomic mass is 10.3. The molecule has 0 aromatic carbocycles. The van der Waals surface area contributed by atoms with Crippen LogP contribution in [0.15, 0.2) is 16.5 Å². The van der Waals surface area contributed by atoms with Crippen LogP contribution in [0.5, 0.6) is 0 Å². The third-order valence-electron chi connectivity index (χ3n) is 1.82. The molecule has 2 nitrogen and oxygen atoms in total. The largest absolute Gasteiger partial charge is 0.444 e. The van der Waals surface area contributed by atoms with E-state index in [-0.39, 0.29) is 0 Å². The lowest BCUT2D eigenvalue weighted by Crippen LogP contribution is -2.06. The molecular formula is C10H16NOS. The number of thioether (sulfide) groups is 1. The van der Waals surface area contributed by atoms with E-state index in [9.17, 15) is 0 Å². The molecule has 73 valence electrons. The maximum atomic E-state index is 5.64. The van der Waals surface area contributed by atoms with Crippen LogP contribution in [0.2, 0.25) is 0 Å². The van der Waals surface area contributed by atoms with Crippen molar-refractivity contribution in [1.82, 2.24) is 0 Å². The predicted molar refractivity (Wildman–Crippen MR) is 59.3 cm³/mol. The summed E-state index contributed by atoms with van der Waals surface area (Å²) in [4.78, 5) is 1.96. The fourth-order valence-corrected chi connectivity index (χ4v) is 1.70. The number of hydrogen-bond donors (Lipinski definition) is 0. The molecule has 0 aliphatic heterocycles. The van der Waals surface area contributed by atoms with Crippen molar-refractivity contribution >= 4 is 17.6 Å². The molecule has 1 aromatic heterocycles. The van der Waals surface area contributed by atoms with Crippen LogP contribution >= 0.6 is 11.8 Å². The summed E-state index contributed by atoms with van der Waals surface area (Å²) in [6.07, 6.45) is 0. The predicted octanol–water partition coefficient (Wildman–Crippen LogP) is 2.97. The monoisotopic (exact) mass is 198 g/mol.